The van der Waals surface area contributed by atoms with Crippen LogP contribution in [0.1, 0.15) is 44.3 Å². The lowest BCUT2D eigenvalue weighted by Crippen LogP contribution is -2.29. The molecule has 1 unspecified atom stereocenters. The first-order valence-electron chi connectivity index (χ1n) is 10.4. The second-order valence-corrected chi connectivity index (χ2v) is 7.73. The van der Waals surface area contributed by atoms with Gasteiger partial charge in [-0.15, -0.1) is 0 Å². The monoisotopic (exact) mass is 448 g/mol. The normalized spacial score (nSPS) is 14.9. The van der Waals surface area contributed by atoms with E-state index >= 15 is 0 Å². The number of anilines is 1. The van der Waals surface area contributed by atoms with E-state index in [4.69, 9.17) is 14.2 Å². The van der Waals surface area contributed by atoms with Gasteiger partial charge in [-0.05, 0) is 60.4 Å². The number of ketones is 1. The summed E-state index contributed by atoms with van der Waals surface area (Å²) < 4.78 is 15.7. The molecule has 2 aromatic carbocycles. The summed E-state index contributed by atoms with van der Waals surface area (Å²) in [6, 6.07) is 13.7. The van der Waals surface area contributed by atoms with Gasteiger partial charge >= 0.3 is 0 Å². The molecule has 1 aliphatic rings. The summed E-state index contributed by atoms with van der Waals surface area (Å²) in [6.07, 6.45) is 0.722. The van der Waals surface area contributed by atoms with E-state index < -0.39 is 11.5 Å². The minimum Gasteiger partial charge on any atom is -0.497 e. The quantitative estimate of drug-likeness (QED) is 0.597. The molecule has 0 spiro atoms. The average Bonchev–Trinajstić information content (AvgIpc) is 2.83. The topological polar surface area (TPSA) is 107 Å². The second kappa shape index (κ2) is 9.20. The fraction of sp³-hybridized carbons (Fsp3) is 0.240. The number of rotatable bonds is 6. The Kier molecular flexibility index (Phi) is 6.17. The highest BCUT2D eigenvalue weighted by Crippen LogP contribution is 2.36. The van der Waals surface area contributed by atoms with Crippen LogP contribution in [0.5, 0.6) is 17.2 Å². The minimum absolute atomic E-state index is 0.109. The standard InChI is InChI=1S/C25H24N2O6/c1-31-17-7-5-16(6-8-17)26-24(29)19-13-18-20(27-25(19)30)10-15(11-21(18)28)14-4-9-22(32-2)23(12-14)33-3/h4-9,12-13,15H,10-11H2,1-3H3,(H,26,29)(H,27,30). The van der Waals surface area contributed by atoms with E-state index in [1.54, 1.807) is 51.7 Å². The molecule has 33 heavy (non-hydrogen) atoms. The van der Waals surface area contributed by atoms with Crippen molar-refractivity contribution in [3.05, 3.63) is 81.3 Å². The lowest BCUT2D eigenvalue weighted by molar-refractivity contribution is 0.0963. The lowest BCUT2D eigenvalue weighted by atomic mass is 9.81. The zero-order valence-corrected chi connectivity index (χ0v) is 18.6. The van der Waals surface area contributed by atoms with E-state index in [1.165, 1.54) is 6.07 Å². The van der Waals surface area contributed by atoms with Crippen LogP contribution in [0.4, 0.5) is 5.69 Å². The second-order valence-electron chi connectivity index (χ2n) is 7.73. The third-order valence-corrected chi connectivity index (χ3v) is 5.78. The third-order valence-electron chi connectivity index (χ3n) is 5.78. The molecular weight excluding hydrogens is 424 g/mol. The highest BCUT2D eigenvalue weighted by atomic mass is 16.5. The number of methoxy groups -OCH3 is 3. The minimum atomic E-state index is -0.584. The number of Topliss-reactive ketones (excluding diaryl/α,β-unsaturated/α-hetero) is 1. The Bertz CT molecular complexity index is 1260. The summed E-state index contributed by atoms with van der Waals surface area (Å²) >= 11 is 0. The number of H-pyrrole nitrogens is 1. The van der Waals surface area contributed by atoms with Crippen LogP contribution in [0, 0.1) is 0 Å². The van der Waals surface area contributed by atoms with E-state index in [-0.39, 0.29) is 23.7 Å². The number of amides is 1. The molecule has 8 nitrogen and oxygen atoms in total. The average molecular weight is 448 g/mol. The summed E-state index contributed by atoms with van der Waals surface area (Å²) in [5, 5.41) is 2.68. The van der Waals surface area contributed by atoms with E-state index in [0.717, 1.165) is 5.56 Å². The molecule has 2 N–H and O–H groups in total. The summed E-state index contributed by atoms with van der Waals surface area (Å²) in [7, 11) is 4.66. The highest BCUT2D eigenvalue weighted by Gasteiger charge is 2.29. The molecule has 170 valence electrons. The van der Waals surface area contributed by atoms with Gasteiger partial charge in [0, 0.05) is 23.4 Å². The maximum atomic E-state index is 12.9. The fourth-order valence-electron chi connectivity index (χ4n) is 4.01. The molecule has 1 heterocycles. The van der Waals surface area contributed by atoms with Gasteiger partial charge in [0.2, 0.25) is 0 Å². The van der Waals surface area contributed by atoms with Gasteiger partial charge < -0.3 is 24.5 Å². The van der Waals surface area contributed by atoms with Crippen LogP contribution in [0.25, 0.3) is 0 Å². The largest absolute Gasteiger partial charge is 0.497 e. The van der Waals surface area contributed by atoms with Crippen molar-refractivity contribution in [2.75, 3.05) is 26.6 Å². The SMILES string of the molecule is COc1ccc(NC(=O)c2cc3c([nH]c2=O)CC(c2ccc(OC)c(OC)c2)CC3=O)cc1. The Hall–Kier alpha value is -4.07. The highest BCUT2D eigenvalue weighted by molar-refractivity contribution is 6.06. The molecule has 0 radical (unpaired) electrons. The number of pyridine rings is 1. The Morgan fingerprint density at radius 1 is 0.909 bits per heavy atom. The molecule has 4 rings (SSSR count). The van der Waals surface area contributed by atoms with Crippen LogP contribution in [-0.4, -0.2) is 38.0 Å². The molecule has 8 heteroatoms. The Morgan fingerprint density at radius 3 is 2.30 bits per heavy atom. The number of nitrogens with one attached hydrogen (secondary N) is 2. The zero-order chi connectivity index (χ0) is 23.5. The van der Waals surface area contributed by atoms with Crippen LogP contribution in [0.2, 0.25) is 0 Å². The van der Waals surface area contributed by atoms with Gasteiger partial charge in [0.15, 0.2) is 17.3 Å². The molecule has 0 saturated heterocycles. The van der Waals surface area contributed by atoms with E-state index in [1.807, 2.05) is 12.1 Å². The Labute approximate surface area is 190 Å². The first-order chi connectivity index (χ1) is 15.9. The number of hydrogen-bond acceptors (Lipinski definition) is 6. The molecule has 0 aliphatic heterocycles. The molecular formula is C25H24N2O6. The van der Waals surface area contributed by atoms with Crippen molar-refractivity contribution in [3.8, 4) is 17.2 Å². The maximum Gasteiger partial charge on any atom is 0.261 e. The first kappa shape index (κ1) is 22.1. The molecule has 0 bridgehead atoms. The number of benzene rings is 2. The van der Waals surface area contributed by atoms with Crippen molar-refractivity contribution in [2.24, 2.45) is 0 Å². The van der Waals surface area contributed by atoms with Crippen molar-refractivity contribution in [1.82, 2.24) is 4.98 Å². The van der Waals surface area contributed by atoms with Gasteiger partial charge in [-0.2, -0.15) is 0 Å². The predicted octanol–water partition coefficient (Wildman–Crippen LogP) is 3.57. The van der Waals surface area contributed by atoms with E-state index in [9.17, 15) is 14.4 Å². The van der Waals surface area contributed by atoms with Gasteiger partial charge in [0.05, 0.1) is 21.3 Å². The predicted molar refractivity (Wildman–Crippen MR) is 123 cm³/mol. The van der Waals surface area contributed by atoms with Crippen molar-refractivity contribution >= 4 is 17.4 Å². The summed E-state index contributed by atoms with van der Waals surface area (Å²) in [6.45, 7) is 0. The number of hydrogen-bond donors (Lipinski definition) is 2. The Balaban J connectivity index is 1.59. The Morgan fingerprint density at radius 2 is 1.64 bits per heavy atom. The van der Waals surface area contributed by atoms with E-state index in [0.29, 0.717) is 40.6 Å². The van der Waals surface area contributed by atoms with Crippen molar-refractivity contribution in [3.63, 3.8) is 0 Å². The molecule has 1 aliphatic carbocycles. The summed E-state index contributed by atoms with van der Waals surface area (Å²) in [4.78, 5) is 41.1. The van der Waals surface area contributed by atoms with Crippen LogP contribution in [0.15, 0.2) is 53.3 Å². The molecule has 1 amide bonds. The van der Waals surface area contributed by atoms with Crippen molar-refractivity contribution in [1.29, 1.82) is 0 Å². The van der Waals surface area contributed by atoms with Gasteiger partial charge in [-0.1, -0.05) is 6.07 Å². The van der Waals surface area contributed by atoms with Gasteiger partial charge in [-0.3, -0.25) is 14.4 Å². The number of aromatic amines is 1. The molecule has 1 aromatic heterocycles. The van der Waals surface area contributed by atoms with Gasteiger partial charge in [-0.25, -0.2) is 0 Å². The maximum absolute atomic E-state index is 12.9. The third kappa shape index (κ3) is 4.45. The number of carbonyl (C=O) groups excluding carboxylic acids is 2. The fourth-order valence-corrected chi connectivity index (χ4v) is 4.01. The van der Waals surface area contributed by atoms with Crippen LogP contribution in [0.3, 0.4) is 0 Å². The molecule has 1 atom stereocenters. The van der Waals surface area contributed by atoms with Crippen LogP contribution in [-0.2, 0) is 6.42 Å². The summed E-state index contributed by atoms with van der Waals surface area (Å²) in [5.74, 6) is 0.982. The van der Waals surface area contributed by atoms with Crippen molar-refractivity contribution in [2.45, 2.75) is 18.8 Å². The van der Waals surface area contributed by atoms with Gasteiger partial charge in [0.1, 0.15) is 11.3 Å². The van der Waals surface area contributed by atoms with Crippen LogP contribution >= 0.6 is 0 Å². The first-order valence-corrected chi connectivity index (χ1v) is 10.4. The van der Waals surface area contributed by atoms with Crippen molar-refractivity contribution < 1.29 is 23.8 Å². The van der Waals surface area contributed by atoms with Crippen LogP contribution < -0.4 is 25.1 Å². The zero-order valence-electron chi connectivity index (χ0n) is 18.6. The number of carbonyl (C=O) groups is 2. The number of ether oxygens (including phenoxy) is 3. The molecule has 0 saturated carbocycles. The summed E-state index contributed by atoms with van der Waals surface area (Å²) in [5.41, 5.74) is 1.66. The molecule has 0 fully saturated rings. The number of fused-ring (bicyclic) bond motifs is 1. The lowest BCUT2D eigenvalue weighted by Gasteiger charge is -2.24. The number of aromatic nitrogens is 1. The van der Waals surface area contributed by atoms with E-state index in [2.05, 4.69) is 10.3 Å². The molecule has 3 aromatic rings. The smallest absolute Gasteiger partial charge is 0.261 e. The van der Waals surface area contributed by atoms with Gasteiger partial charge in [0.25, 0.3) is 11.5 Å².